The Morgan fingerprint density at radius 1 is 1.11 bits per heavy atom. The SMILES string of the molecule is NC1(c2ccccc2)C(=O)Nc2ccc(Cl)cc21. The summed E-state index contributed by atoms with van der Waals surface area (Å²) in [5.41, 5.74) is 7.35. The van der Waals surface area contributed by atoms with Crippen LogP contribution in [0.25, 0.3) is 0 Å². The van der Waals surface area contributed by atoms with Crippen LogP contribution in [0, 0.1) is 0 Å². The van der Waals surface area contributed by atoms with E-state index in [4.69, 9.17) is 17.3 Å². The van der Waals surface area contributed by atoms with Crippen molar-refractivity contribution in [1.29, 1.82) is 0 Å². The third kappa shape index (κ3) is 1.45. The number of nitrogens with two attached hydrogens (primary N) is 1. The Kier molecular flexibility index (Phi) is 2.40. The fourth-order valence-electron chi connectivity index (χ4n) is 2.28. The summed E-state index contributed by atoms with van der Waals surface area (Å²) >= 11 is 5.99. The van der Waals surface area contributed by atoms with Gasteiger partial charge >= 0.3 is 0 Å². The maximum Gasteiger partial charge on any atom is 0.253 e. The number of halogens is 1. The summed E-state index contributed by atoms with van der Waals surface area (Å²) < 4.78 is 0. The molecule has 1 amide bonds. The van der Waals surface area contributed by atoms with Crippen LogP contribution in [-0.4, -0.2) is 5.91 Å². The van der Waals surface area contributed by atoms with E-state index < -0.39 is 5.54 Å². The average Bonchev–Trinajstić information content (AvgIpc) is 2.64. The van der Waals surface area contributed by atoms with Gasteiger partial charge < -0.3 is 11.1 Å². The fraction of sp³-hybridized carbons (Fsp3) is 0.0714. The van der Waals surface area contributed by atoms with Gasteiger partial charge in [-0.25, -0.2) is 0 Å². The first kappa shape index (κ1) is 11.3. The molecule has 0 spiro atoms. The zero-order valence-electron chi connectivity index (χ0n) is 9.48. The Hall–Kier alpha value is -1.84. The third-order valence-corrected chi connectivity index (χ3v) is 3.48. The summed E-state index contributed by atoms with van der Waals surface area (Å²) in [5, 5.41) is 3.36. The van der Waals surface area contributed by atoms with Gasteiger partial charge in [-0.3, -0.25) is 4.79 Å². The first-order valence-electron chi connectivity index (χ1n) is 5.58. The van der Waals surface area contributed by atoms with Crippen molar-refractivity contribution in [2.75, 3.05) is 5.32 Å². The van der Waals surface area contributed by atoms with E-state index in [0.717, 1.165) is 11.3 Å². The van der Waals surface area contributed by atoms with E-state index in [9.17, 15) is 4.79 Å². The Morgan fingerprint density at radius 2 is 1.83 bits per heavy atom. The van der Waals surface area contributed by atoms with Gasteiger partial charge in [-0.1, -0.05) is 41.9 Å². The quantitative estimate of drug-likeness (QED) is 0.826. The van der Waals surface area contributed by atoms with Crippen molar-refractivity contribution in [2.45, 2.75) is 5.54 Å². The van der Waals surface area contributed by atoms with E-state index in [1.54, 1.807) is 18.2 Å². The second-order valence-corrected chi connectivity index (χ2v) is 4.75. The molecule has 0 saturated carbocycles. The normalized spacial score (nSPS) is 21.6. The molecule has 2 aromatic rings. The van der Waals surface area contributed by atoms with Gasteiger partial charge in [0.15, 0.2) is 0 Å². The van der Waals surface area contributed by atoms with Crippen LogP contribution in [0.4, 0.5) is 5.69 Å². The van der Waals surface area contributed by atoms with E-state index >= 15 is 0 Å². The smallest absolute Gasteiger partial charge is 0.253 e. The van der Waals surface area contributed by atoms with Crippen LogP contribution in [0.1, 0.15) is 11.1 Å². The molecular weight excluding hydrogens is 248 g/mol. The second-order valence-electron chi connectivity index (χ2n) is 4.32. The van der Waals surface area contributed by atoms with Crippen molar-refractivity contribution in [2.24, 2.45) is 5.73 Å². The van der Waals surface area contributed by atoms with Crippen molar-refractivity contribution in [3.8, 4) is 0 Å². The lowest BCUT2D eigenvalue weighted by molar-refractivity contribution is -0.119. The van der Waals surface area contributed by atoms with E-state index in [1.807, 2.05) is 30.3 Å². The molecule has 0 bridgehead atoms. The summed E-state index contributed by atoms with van der Waals surface area (Å²) in [7, 11) is 0. The lowest BCUT2D eigenvalue weighted by atomic mass is 9.85. The summed E-state index contributed by atoms with van der Waals surface area (Å²) in [6.45, 7) is 0. The predicted octanol–water partition coefficient (Wildman–Crippen LogP) is 2.49. The molecule has 3 N–H and O–H groups in total. The number of hydrogen-bond acceptors (Lipinski definition) is 2. The molecule has 1 unspecified atom stereocenters. The van der Waals surface area contributed by atoms with Crippen LogP contribution in [0.15, 0.2) is 48.5 Å². The molecule has 18 heavy (non-hydrogen) atoms. The summed E-state index contributed by atoms with van der Waals surface area (Å²) in [5.74, 6) is -0.231. The molecule has 0 radical (unpaired) electrons. The summed E-state index contributed by atoms with van der Waals surface area (Å²) in [6, 6.07) is 14.5. The minimum absolute atomic E-state index is 0.231. The van der Waals surface area contributed by atoms with Crippen LogP contribution in [-0.2, 0) is 10.3 Å². The first-order valence-corrected chi connectivity index (χ1v) is 5.96. The molecule has 0 saturated heterocycles. The Labute approximate surface area is 110 Å². The zero-order valence-corrected chi connectivity index (χ0v) is 10.2. The lowest BCUT2D eigenvalue weighted by Gasteiger charge is -2.22. The molecule has 1 aliphatic heterocycles. The van der Waals surface area contributed by atoms with Crippen molar-refractivity contribution in [3.05, 3.63) is 64.7 Å². The number of hydrogen-bond donors (Lipinski definition) is 2. The summed E-state index contributed by atoms with van der Waals surface area (Å²) in [4.78, 5) is 12.2. The number of amides is 1. The number of nitrogens with one attached hydrogen (secondary N) is 1. The van der Waals surface area contributed by atoms with Crippen LogP contribution < -0.4 is 11.1 Å². The summed E-state index contributed by atoms with van der Waals surface area (Å²) in [6.07, 6.45) is 0. The van der Waals surface area contributed by atoms with Gasteiger partial charge in [0.1, 0.15) is 5.54 Å². The highest BCUT2D eigenvalue weighted by atomic mass is 35.5. The lowest BCUT2D eigenvalue weighted by Crippen LogP contribution is -2.44. The molecule has 0 fully saturated rings. The van der Waals surface area contributed by atoms with Crippen LogP contribution in [0.3, 0.4) is 0 Å². The van der Waals surface area contributed by atoms with E-state index in [2.05, 4.69) is 5.32 Å². The predicted molar refractivity (Wildman–Crippen MR) is 71.5 cm³/mol. The molecule has 4 heteroatoms. The van der Waals surface area contributed by atoms with Gasteiger partial charge in [-0.2, -0.15) is 0 Å². The standard InChI is InChI=1S/C14H11ClN2O/c15-10-6-7-12-11(8-10)14(16,13(18)17-12)9-4-2-1-3-5-9/h1-8H,16H2,(H,17,18). The molecule has 0 aromatic heterocycles. The number of benzene rings is 2. The topological polar surface area (TPSA) is 55.1 Å². The van der Waals surface area contributed by atoms with Crippen molar-refractivity contribution in [3.63, 3.8) is 0 Å². The number of carbonyl (C=O) groups is 1. The molecule has 90 valence electrons. The van der Waals surface area contributed by atoms with Gasteiger partial charge in [-0.05, 0) is 23.8 Å². The highest BCUT2D eigenvalue weighted by Crippen LogP contribution is 2.39. The molecule has 1 aliphatic rings. The molecule has 3 nitrogen and oxygen atoms in total. The number of anilines is 1. The van der Waals surface area contributed by atoms with Gasteiger partial charge in [-0.15, -0.1) is 0 Å². The van der Waals surface area contributed by atoms with Gasteiger partial charge in [0.25, 0.3) is 5.91 Å². The van der Waals surface area contributed by atoms with E-state index in [-0.39, 0.29) is 5.91 Å². The van der Waals surface area contributed by atoms with Crippen LogP contribution >= 0.6 is 11.6 Å². The first-order chi connectivity index (χ1) is 8.62. The van der Waals surface area contributed by atoms with E-state index in [0.29, 0.717) is 10.6 Å². The molecule has 1 atom stereocenters. The van der Waals surface area contributed by atoms with Gasteiger partial charge in [0, 0.05) is 16.3 Å². The molecular formula is C14H11ClN2O. The highest BCUT2D eigenvalue weighted by molar-refractivity contribution is 6.31. The van der Waals surface area contributed by atoms with Crippen molar-refractivity contribution in [1.82, 2.24) is 0 Å². The average molecular weight is 259 g/mol. The largest absolute Gasteiger partial charge is 0.324 e. The number of rotatable bonds is 1. The Morgan fingerprint density at radius 3 is 2.56 bits per heavy atom. The molecule has 0 aliphatic carbocycles. The van der Waals surface area contributed by atoms with Crippen molar-refractivity contribution >= 4 is 23.2 Å². The maximum atomic E-state index is 12.2. The van der Waals surface area contributed by atoms with Crippen LogP contribution in [0.2, 0.25) is 5.02 Å². The molecule has 3 rings (SSSR count). The second kappa shape index (κ2) is 3.83. The number of carbonyl (C=O) groups excluding carboxylic acids is 1. The monoisotopic (exact) mass is 258 g/mol. The Balaban J connectivity index is 2.25. The van der Waals surface area contributed by atoms with Gasteiger partial charge in [0.2, 0.25) is 0 Å². The van der Waals surface area contributed by atoms with E-state index in [1.165, 1.54) is 0 Å². The van der Waals surface area contributed by atoms with Crippen molar-refractivity contribution < 1.29 is 4.79 Å². The maximum absolute atomic E-state index is 12.2. The van der Waals surface area contributed by atoms with Gasteiger partial charge in [0.05, 0.1) is 0 Å². The molecule has 1 heterocycles. The molecule has 2 aromatic carbocycles. The fourth-order valence-corrected chi connectivity index (χ4v) is 2.45. The zero-order chi connectivity index (χ0) is 12.8. The number of fused-ring (bicyclic) bond motifs is 1. The minimum atomic E-state index is -1.17. The highest BCUT2D eigenvalue weighted by Gasteiger charge is 2.44. The van der Waals surface area contributed by atoms with Crippen LogP contribution in [0.5, 0.6) is 0 Å². The third-order valence-electron chi connectivity index (χ3n) is 3.24. The Bertz CT molecular complexity index is 627. The minimum Gasteiger partial charge on any atom is -0.324 e.